The highest BCUT2D eigenvalue weighted by molar-refractivity contribution is 14.1. The predicted octanol–water partition coefficient (Wildman–Crippen LogP) is 5.92. The van der Waals surface area contributed by atoms with Crippen LogP contribution in [0.25, 0.3) is 0 Å². The molecule has 2 heteroatoms. The molecule has 0 aromatic heterocycles. The fourth-order valence-electron chi connectivity index (χ4n) is 1.98. The molecule has 0 fully saturated rings. The number of benzene rings is 2. The lowest BCUT2D eigenvalue weighted by atomic mass is 9.86. The Hall–Kier alpha value is -0.540. The summed E-state index contributed by atoms with van der Waals surface area (Å²) in [5.41, 5.74) is 3.81. The highest BCUT2D eigenvalue weighted by Gasteiger charge is 2.15. The van der Waals surface area contributed by atoms with Crippen LogP contribution in [0.2, 0.25) is 0 Å². The van der Waals surface area contributed by atoms with Crippen LogP contribution >= 0.6 is 34.2 Å². The molecule has 1 unspecified atom stereocenters. The smallest absolute Gasteiger partial charge is 0.0835 e. The lowest BCUT2D eigenvalue weighted by Crippen LogP contribution is -2.10. The van der Waals surface area contributed by atoms with Gasteiger partial charge >= 0.3 is 0 Å². The summed E-state index contributed by atoms with van der Waals surface area (Å²) in [6.07, 6.45) is 0. The van der Waals surface area contributed by atoms with Gasteiger partial charge in [-0.05, 0) is 56.8 Å². The third kappa shape index (κ3) is 3.73. The lowest BCUT2D eigenvalue weighted by Gasteiger charge is -2.20. The minimum absolute atomic E-state index is 0.0778. The third-order valence-corrected chi connectivity index (χ3v) is 4.46. The molecule has 19 heavy (non-hydrogen) atoms. The van der Waals surface area contributed by atoms with Crippen LogP contribution in [0.15, 0.2) is 48.5 Å². The molecule has 0 nitrogen and oxygen atoms in total. The first kappa shape index (κ1) is 14.9. The average Bonchev–Trinajstić information content (AvgIpc) is 2.38. The first-order valence-electron chi connectivity index (χ1n) is 6.38. The van der Waals surface area contributed by atoms with Gasteiger partial charge in [-0.15, -0.1) is 11.6 Å². The van der Waals surface area contributed by atoms with Crippen molar-refractivity contribution in [3.05, 3.63) is 68.8 Å². The summed E-state index contributed by atoms with van der Waals surface area (Å²) in [5, 5.41) is -0.0778. The van der Waals surface area contributed by atoms with E-state index in [1.54, 1.807) is 0 Å². The lowest BCUT2D eigenvalue weighted by molar-refractivity contribution is 0.590. The second kappa shape index (κ2) is 5.84. The largest absolute Gasteiger partial charge is 0.113 e. The zero-order valence-corrected chi connectivity index (χ0v) is 14.4. The van der Waals surface area contributed by atoms with Crippen LogP contribution in [-0.4, -0.2) is 0 Å². The molecule has 0 heterocycles. The molecule has 2 aromatic carbocycles. The SMILES string of the molecule is CC(C)(C)c1ccc(C(Cl)c2ccc(I)cc2)cc1. The van der Waals surface area contributed by atoms with Crippen molar-refractivity contribution in [1.29, 1.82) is 0 Å². The average molecular weight is 385 g/mol. The van der Waals surface area contributed by atoms with Crippen molar-refractivity contribution >= 4 is 34.2 Å². The van der Waals surface area contributed by atoms with Gasteiger partial charge in [0.2, 0.25) is 0 Å². The molecule has 1 atom stereocenters. The van der Waals surface area contributed by atoms with Crippen LogP contribution in [0.3, 0.4) is 0 Å². The second-order valence-corrected chi connectivity index (χ2v) is 7.47. The van der Waals surface area contributed by atoms with E-state index in [9.17, 15) is 0 Å². The fraction of sp³-hybridized carbons (Fsp3) is 0.294. The van der Waals surface area contributed by atoms with Gasteiger partial charge in [-0.25, -0.2) is 0 Å². The van der Waals surface area contributed by atoms with Gasteiger partial charge in [-0.1, -0.05) is 57.2 Å². The molecular weight excluding hydrogens is 367 g/mol. The van der Waals surface area contributed by atoms with Crippen molar-refractivity contribution in [2.45, 2.75) is 31.6 Å². The van der Waals surface area contributed by atoms with E-state index in [4.69, 9.17) is 11.6 Å². The van der Waals surface area contributed by atoms with Crippen molar-refractivity contribution in [2.75, 3.05) is 0 Å². The maximum atomic E-state index is 6.55. The van der Waals surface area contributed by atoms with Crippen LogP contribution in [0.1, 0.15) is 42.8 Å². The number of hydrogen-bond acceptors (Lipinski definition) is 0. The van der Waals surface area contributed by atoms with Gasteiger partial charge in [0.25, 0.3) is 0 Å². The monoisotopic (exact) mass is 384 g/mol. The minimum Gasteiger partial charge on any atom is -0.113 e. The van der Waals surface area contributed by atoms with Crippen LogP contribution in [0, 0.1) is 3.57 Å². The Morgan fingerprint density at radius 2 is 1.26 bits per heavy atom. The standard InChI is InChI=1S/C17H18ClI/c1-17(2,3)14-8-4-12(5-9-14)16(18)13-6-10-15(19)11-7-13/h4-11,16H,1-3H3. The maximum absolute atomic E-state index is 6.55. The van der Waals surface area contributed by atoms with Gasteiger partial charge in [0, 0.05) is 3.57 Å². The Morgan fingerprint density at radius 3 is 1.68 bits per heavy atom. The normalized spacial score (nSPS) is 13.3. The molecule has 0 N–H and O–H groups in total. The van der Waals surface area contributed by atoms with Crippen molar-refractivity contribution in [2.24, 2.45) is 0 Å². The topological polar surface area (TPSA) is 0 Å². The Morgan fingerprint density at radius 1 is 0.842 bits per heavy atom. The zero-order valence-electron chi connectivity index (χ0n) is 11.5. The Labute approximate surface area is 134 Å². The van der Waals surface area contributed by atoms with Crippen LogP contribution in [0.4, 0.5) is 0 Å². The van der Waals surface area contributed by atoms with E-state index in [1.807, 2.05) is 0 Å². The summed E-state index contributed by atoms with van der Waals surface area (Å²) in [7, 11) is 0. The summed E-state index contributed by atoms with van der Waals surface area (Å²) in [6.45, 7) is 6.66. The second-order valence-electron chi connectivity index (χ2n) is 5.79. The predicted molar refractivity (Wildman–Crippen MR) is 92.0 cm³/mol. The molecular formula is C17H18ClI. The molecule has 100 valence electrons. The molecule has 2 aromatic rings. The third-order valence-electron chi connectivity index (χ3n) is 3.23. The van der Waals surface area contributed by atoms with E-state index >= 15 is 0 Å². The first-order valence-corrected chi connectivity index (χ1v) is 7.89. The Balaban J connectivity index is 2.25. The van der Waals surface area contributed by atoms with Crippen molar-refractivity contribution in [3.63, 3.8) is 0 Å². The van der Waals surface area contributed by atoms with E-state index in [0.717, 1.165) is 11.1 Å². The number of halogens is 2. The van der Waals surface area contributed by atoms with E-state index in [1.165, 1.54) is 9.13 Å². The molecule has 0 radical (unpaired) electrons. The summed E-state index contributed by atoms with van der Waals surface area (Å²) in [4.78, 5) is 0. The summed E-state index contributed by atoms with van der Waals surface area (Å²) >= 11 is 8.85. The highest BCUT2D eigenvalue weighted by Crippen LogP contribution is 2.31. The molecule has 2 rings (SSSR count). The van der Waals surface area contributed by atoms with E-state index in [0.29, 0.717) is 0 Å². The van der Waals surface area contributed by atoms with Crippen molar-refractivity contribution < 1.29 is 0 Å². The van der Waals surface area contributed by atoms with E-state index in [2.05, 4.69) is 91.9 Å². The van der Waals surface area contributed by atoms with Crippen LogP contribution < -0.4 is 0 Å². The summed E-state index contributed by atoms with van der Waals surface area (Å²) < 4.78 is 1.23. The molecule has 0 aliphatic heterocycles. The number of hydrogen-bond donors (Lipinski definition) is 0. The number of alkyl halides is 1. The van der Waals surface area contributed by atoms with Crippen molar-refractivity contribution in [3.8, 4) is 0 Å². The molecule has 0 spiro atoms. The fourth-order valence-corrected chi connectivity index (χ4v) is 2.63. The van der Waals surface area contributed by atoms with E-state index < -0.39 is 0 Å². The Kier molecular flexibility index (Phi) is 4.57. The molecule has 0 bridgehead atoms. The van der Waals surface area contributed by atoms with Gasteiger partial charge in [-0.3, -0.25) is 0 Å². The van der Waals surface area contributed by atoms with Gasteiger partial charge in [0.05, 0.1) is 5.38 Å². The molecule has 0 amide bonds. The van der Waals surface area contributed by atoms with Gasteiger partial charge in [0.1, 0.15) is 0 Å². The number of rotatable bonds is 2. The van der Waals surface area contributed by atoms with Crippen LogP contribution in [-0.2, 0) is 5.41 Å². The summed E-state index contributed by atoms with van der Waals surface area (Å²) in [5.74, 6) is 0. The quantitative estimate of drug-likeness (QED) is 0.445. The minimum atomic E-state index is -0.0778. The van der Waals surface area contributed by atoms with Gasteiger partial charge in [0.15, 0.2) is 0 Å². The van der Waals surface area contributed by atoms with Crippen molar-refractivity contribution in [1.82, 2.24) is 0 Å². The Bertz CT molecular complexity index is 535. The maximum Gasteiger partial charge on any atom is 0.0835 e. The summed E-state index contributed by atoms with van der Waals surface area (Å²) in [6, 6.07) is 17.0. The van der Waals surface area contributed by atoms with E-state index in [-0.39, 0.29) is 10.8 Å². The zero-order chi connectivity index (χ0) is 14.0. The molecule has 0 aliphatic rings. The molecule has 0 saturated carbocycles. The molecule has 0 saturated heterocycles. The first-order chi connectivity index (χ1) is 8.88. The highest BCUT2D eigenvalue weighted by atomic mass is 127. The van der Waals surface area contributed by atoms with Gasteiger partial charge in [-0.2, -0.15) is 0 Å². The van der Waals surface area contributed by atoms with Gasteiger partial charge < -0.3 is 0 Å². The molecule has 0 aliphatic carbocycles. The van der Waals surface area contributed by atoms with Crippen LogP contribution in [0.5, 0.6) is 0 Å².